The summed E-state index contributed by atoms with van der Waals surface area (Å²) in [6.07, 6.45) is 3.37. The van der Waals surface area contributed by atoms with Crippen molar-refractivity contribution in [3.05, 3.63) is 35.9 Å². The van der Waals surface area contributed by atoms with E-state index in [1.165, 1.54) is 0 Å². The molecule has 132 valence electrons. The molecule has 0 bridgehead atoms. The second kappa shape index (κ2) is 7.97. The van der Waals surface area contributed by atoms with E-state index in [2.05, 4.69) is 5.32 Å². The largest absolute Gasteiger partial charge is 0.445 e. The average molecular weight is 334 g/mol. The number of hydrogen-bond donors (Lipinski definition) is 1. The van der Waals surface area contributed by atoms with Crippen molar-refractivity contribution in [2.75, 3.05) is 26.2 Å². The molecule has 0 unspecified atom stereocenters. The lowest BCUT2D eigenvalue weighted by atomic mass is 9.81. The summed E-state index contributed by atoms with van der Waals surface area (Å²) in [5.41, 5.74) is -0.0164. The van der Waals surface area contributed by atoms with Crippen LogP contribution in [0.25, 0.3) is 0 Å². The predicted octanol–water partition coefficient (Wildman–Crippen LogP) is 3.52. The predicted molar refractivity (Wildman–Crippen MR) is 91.5 cm³/mol. The summed E-state index contributed by atoms with van der Waals surface area (Å²) in [5.74, 6) is 0.381. The summed E-state index contributed by atoms with van der Waals surface area (Å²) in [5, 5.41) is 3.22. The summed E-state index contributed by atoms with van der Waals surface area (Å²) in [6.45, 7) is 3.21. The van der Waals surface area contributed by atoms with Crippen molar-refractivity contribution in [2.45, 2.75) is 44.4 Å². The van der Waals surface area contributed by atoms with Gasteiger partial charge in [-0.05, 0) is 56.7 Å². The number of alkyl halides is 1. The van der Waals surface area contributed by atoms with Crippen molar-refractivity contribution in [1.29, 1.82) is 0 Å². The molecule has 0 aliphatic carbocycles. The molecule has 24 heavy (non-hydrogen) atoms. The topological polar surface area (TPSA) is 41.6 Å². The number of piperidine rings is 2. The first-order valence-corrected chi connectivity index (χ1v) is 9.00. The number of benzene rings is 1. The van der Waals surface area contributed by atoms with Crippen LogP contribution in [0.2, 0.25) is 0 Å². The van der Waals surface area contributed by atoms with Crippen molar-refractivity contribution in [3.63, 3.8) is 0 Å². The Morgan fingerprint density at radius 2 is 1.88 bits per heavy atom. The van der Waals surface area contributed by atoms with Crippen LogP contribution in [-0.2, 0) is 11.3 Å². The fourth-order valence-electron chi connectivity index (χ4n) is 3.73. The minimum absolute atomic E-state index is 0.255. The number of ether oxygens (including phenoxy) is 1. The SMILES string of the molecule is O=C(OCc1ccccc1)N1CCC(CC2(F)CCNCC2)CC1. The monoisotopic (exact) mass is 334 g/mol. The molecule has 0 saturated carbocycles. The number of nitrogens with one attached hydrogen (secondary N) is 1. The quantitative estimate of drug-likeness (QED) is 0.916. The highest BCUT2D eigenvalue weighted by molar-refractivity contribution is 5.67. The molecule has 2 fully saturated rings. The van der Waals surface area contributed by atoms with E-state index in [1.807, 2.05) is 30.3 Å². The number of hydrogen-bond acceptors (Lipinski definition) is 3. The molecule has 0 radical (unpaired) electrons. The van der Waals surface area contributed by atoms with Crippen LogP contribution in [0.4, 0.5) is 9.18 Å². The Morgan fingerprint density at radius 3 is 2.54 bits per heavy atom. The Kier molecular flexibility index (Phi) is 5.72. The van der Waals surface area contributed by atoms with E-state index in [1.54, 1.807) is 4.90 Å². The molecule has 2 aliphatic rings. The van der Waals surface area contributed by atoms with Crippen LogP contribution < -0.4 is 5.32 Å². The number of carbonyl (C=O) groups is 1. The number of amides is 1. The number of rotatable bonds is 4. The Labute approximate surface area is 143 Å². The first kappa shape index (κ1) is 17.2. The zero-order valence-electron chi connectivity index (χ0n) is 14.2. The fourth-order valence-corrected chi connectivity index (χ4v) is 3.73. The van der Waals surface area contributed by atoms with Crippen molar-refractivity contribution in [2.24, 2.45) is 5.92 Å². The second-order valence-electron chi connectivity index (χ2n) is 7.08. The van der Waals surface area contributed by atoms with Crippen molar-refractivity contribution in [1.82, 2.24) is 10.2 Å². The van der Waals surface area contributed by atoms with Gasteiger partial charge in [-0.15, -0.1) is 0 Å². The minimum atomic E-state index is -1.01. The van der Waals surface area contributed by atoms with Gasteiger partial charge in [-0.3, -0.25) is 0 Å². The maximum Gasteiger partial charge on any atom is 0.410 e. The van der Waals surface area contributed by atoms with Crippen molar-refractivity contribution >= 4 is 6.09 Å². The van der Waals surface area contributed by atoms with Crippen LogP contribution in [0.15, 0.2) is 30.3 Å². The summed E-state index contributed by atoms with van der Waals surface area (Å²) in [4.78, 5) is 13.9. The average Bonchev–Trinajstić information content (AvgIpc) is 2.61. The molecule has 2 saturated heterocycles. The van der Waals surface area contributed by atoms with E-state index in [0.29, 0.717) is 44.9 Å². The van der Waals surface area contributed by atoms with Crippen LogP contribution in [-0.4, -0.2) is 42.8 Å². The maximum atomic E-state index is 14.8. The molecule has 1 aromatic rings. The van der Waals surface area contributed by atoms with Crippen LogP contribution in [0, 0.1) is 5.92 Å². The standard InChI is InChI=1S/C19H27FN2O2/c20-19(8-10-21-11-9-19)14-16-6-12-22(13-7-16)18(23)24-15-17-4-2-1-3-5-17/h1-5,16,21H,6-15H2. The summed E-state index contributed by atoms with van der Waals surface area (Å²) < 4.78 is 20.2. The molecular weight excluding hydrogens is 307 g/mol. The summed E-state index contributed by atoms with van der Waals surface area (Å²) in [6, 6.07) is 9.69. The van der Waals surface area contributed by atoms with E-state index in [9.17, 15) is 9.18 Å². The highest BCUT2D eigenvalue weighted by Crippen LogP contribution is 2.34. The first-order chi connectivity index (χ1) is 11.6. The third kappa shape index (κ3) is 4.69. The van der Waals surface area contributed by atoms with Gasteiger partial charge < -0.3 is 15.0 Å². The van der Waals surface area contributed by atoms with Gasteiger partial charge >= 0.3 is 6.09 Å². The third-order valence-corrected chi connectivity index (χ3v) is 5.23. The minimum Gasteiger partial charge on any atom is -0.445 e. The molecule has 2 heterocycles. The Morgan fingerprint density at radius 1 is 1.21 bits per heavy atom. The van der Waals surface area contributed by atoms with Gasteiger partial charge in [-0.1, -0.05) is 30.3 Å². The lowest BCUT2D eigenvalue weighted by Crippen LogP contribution is -2.43. The number of nitrogens with zero attached hydrogens (tertiary/aromatic N) is 1. The second-order valence-corrected chi connectivity index (χ2v) is 7.08. The number of halogens is 1. The van der Waals surface area contributed by atoms with E-state index in [0.717, 1.165) is 31.5 Å². The summed E-state index contributed by atoms with van der Waals surface area (Å²) >= 11 is 0. The third-order valence-electron chi connectivity index (χ3n) is 5.23. The van der Waals surface area contributed by atoms with Crippen LogP contribution >= 0.6 is 0 Å². The number of likely N-dealkylation sites (tertiary alicyclic amines) is 1. The lowest BCUT2D eigenvalue weighted by Gasteiger charge is -2.37. The van der Waals surface area contributed by atoms with E-state index in [4.69, 9.17) is 4.74 Å². The molecule has 1 N–H and O–H groups in total. The van der Waals surface area contributed by atoms with Gasteiger partial charge in [0.15, 0.2) is 0 Å². The zero-order chi connectivity index (χ0) is 16.8. The van der Waals surface area contributed by atoms with Crippen molar-refractivity contribution in [3.8, 4) is 0 Å². The molecule has 1 aromatic carbocycles. The number of carbonyl (C=O) groups excluding carboxylic acids is 1. The van der Waals surface area contributed by atoms with Gasteiger partial charge in [0.05, 0.1) is 0 Å². The van der Waals surface area contributed by atoms with E-state index >= 15 is 0 Å². The Balaban J connectivity index is 1.40. The Bertz CT molecular complexity index is 523. The lowest BCUT2D eigenvalue weighted by molar-refractivity contribution is 0.0525. The summed E-state index contributed by atoms with van der Waals surface area (Å²) in [7, 11) is 0. The molecule has 0 spiro atoms. The fraction of sp³-hybridized carbons (Fsp3) is 0.632. The van der Waals surface area contributed by atoms with Crippen molar-refractivity contribution < 1.29 is 13.9 Å². The molecule has 1 amide bonds. The highest BCUT2D eigenvalue weighted by atomic mass is 19.1. The molecule has 2 aliphatic heterocycles. The van der Waals surface area contributed by atoms with Crippen LogP contribution in [0.3, 0.4) is 0 Å². The maximum absolute atomic E-state index is 14.8. The first-order valence-electron chi connectivity index (χ1n) is 9.00. The highest BCUT2D eigenvalue weighted by Gasteiger charge is 2.36. The van der Waals surface area contributed by atoms with Crippen LogP contribution in [0.1, 0.15) is 37.7 Å². The molecule has 0 atom stereocenters. The molecule has 5 heteroatoms. The van der Waals surface area contributed by atoms with Gasteiger partial charge in [-0.25, -0.2) is 9.18 Å². The van der Waals surface area contributed by atoms with E-state index < -0.39 is 5.67 Å². The molecule has 0 aromatic heterocycles. The normalized spacial score (nSPS) is 21.5. The van der Waals surface area contributed by atoms with Crippen LogP contribution in [0.5, 0.6) is 0 Å². The van der Waals surface area contributed by atoms with Gasteiger partial charge in [0, 0.05) is 13.1 Å². The van der Waals surface area contributed by atoms with Gasteiger partial charge in [-0.2, -0.15) is 0 Å². The molecular formula is C19H27FN2O2. The zero-order valence-corrected chi connectivity index (χ0v) is 14.2. The molecule has 4 nitrogen and oxygen atoms in total. The smallest absolute Gasteiger partial charge is 0.410 e. The Hall–Kier alpha value is -1.62. The molecule has 3 rings (SSSR count). The van der Waals surface area contributed by atoms with Gasteiger partial charge in [0.1, 0.15) is 12.3 Å². The van der Waals surface area contributed by atoms with Gasteiger partial charge in [0.2, 0.25) is 0 Å². The van der Waals surface area contributed by atoms with Gasteiger partial charge in [0.25, 0.3) is 0 Å². The van der Waals surface area contributed by atoms with E-state index in [-0.39, 0.29) is 6.09 Å².